The van der Waals surface area contributed by atoms with Gasteiger partial charge in [-0.3, -0.25) is 4.79 Å². The number of rotatable bonds is 6. The highest BCUT2D eigenvalue weighted by Crippen LogP contribution is 2.24. The van der Waals surface area contributed by atoms with Crippen LogP contribution in [0.15, 0.2) is 46.9 Å². The molecule has 5 nitrogen and oxygen atoms in total. The summed E-state index contributed by atoms with van der Waals surface area (Å²) in [7, 11) is 1.52. The van der Waals surface area contributed by atoms with Gasteiger partial charge in [-0.25, -0.2) is 9.18 Å². The van der Waals surface area contributed by atoms with Gasteiger partial charge in [0.1, 0.15) is 11.6 Å². The van der Waals surface area contributed by atoms with Crippen molar-refractivity contribution in [3.63, 3.8) is 0 Å². The van der Waals surface area contributed by atoms with Gasteiger partial charge in [0.15, 0.2) is 6.10 Å². The number of amides is 1. The number of hydrogen-bond donors (Lipinski definition) is 1. The Morgan fingerprint density at radius 1 is 1.26 bits per heavy atom. The van der Waals surface area contributed by atoms with Crippen molar-refractivity contribution < 1.29 is 23.5 Å². The maximum atomic E-state index is 13.0. The van der Waals surface area contributed by atoms with Gasteiger partial charge in [0, 0.05) is 16.1 Å². The first kappa shape index (κ1) is 20.9. The number of carbonyl (C=O) groups is 2. The molecule has 27 heavy (non-hydrogen) atoms. The summed E-state index contributed by atoms with van der Waals surface area (Å²) in [5, 5.41) is 2.52. The number of carbonyl (C=O) groups excluding carboxylic acids is 2. The Bertz CT molecular complexity index is 888. The molecule has 1 atom stereocenters. The second-order valence-corrected chi connectivity index (χ2v) is 6.74. The summed E-state index contributed by atoms with van der Waals surface area (Å²) < 4.78 is 24.1. The van der Waals surface area contributed by atoms with Gasteiger partial charge >= 0.3 is 5.97 Å². The van der Waals surface area contributed by atoms with Gasteiger partial charge in [-0.2, -0.15) is 0 Å². The van der Waals surface area contributed by atoms with E-state index in [1.165, 1.54) is 32.3 Å². The minimum Gasteiger partial charge on any atom is -0.496 e. The van der Waals surface area contributed by atoms with E-state index >= 15 is 0 Å². The molecule has 0 saturated carbocycles. The number of nitrogens with one attached hydrogen (secondary N) is 1. The molecular formula is C19H16BrClFNO4. The van der Waals surface area contributed by atoms with Crippen LogP contribution in [0.25, 0.3) is 6.08 Å². The lowest BCUT2D eigenvalue weighted by Gasteiger charge is -2.13. The fourth-order valence-electron chi connectivity index (χ4n) is 2.09. The predicted octanol–water partition coefficient (Wildman–Crippen LogP) is 4.83. The number of anilines is 1. The topological polar surface area (TPSA) is 64.6 Å². The molecule has 1 amide bonds. The number of benzene rings is 2. The largest absolute Gasteiger partial charge is 0.496 e. The Labute approximate surface area is 169 Å². The predicted molar refractivity (Wildman–Crippen MR) is 105 cm³/mol. The van der Waals surface area contributed by atoms with E-state index in [1.807, 2.05) is 6.07 Å². The van der Waals surface area contributed by atoms with E-state index in [0.29, 0.717) is 11.3 Å². The third-order valence-corrected chi connectivity index (χ3v) is 4.25. The van der Waals surface area contributed by atoms with Crippen molar-refractivity contribution in [3.05, 3.63) is 63.4 Å². The second-order valence-electron chi connectivity index (χ2n) is 5.41. The molecule has 0 aromatic heterocycles. The number of methoxy groups -OCH3 is 1. The lowest BCUT2D eigenvalue weighted by Crippen LogP contribution is -2.29. The highest BCUT2D eigenvalue weighted by atomic mass is 79.9. The Balaban J connectivity index is 1.98. The van der Waals surface area contributed by atoms with Crippen LogP contribution in [-0.2, 0) is 14.3 Å². The second kappa shape index (κ2) is 9.53. The summed E-state index contributed by atoms with van der Waals surface area (Å²) >= 11 is 9.19. The van der Waals surface area contributed by atoms with Crippen molar-refractivity contribution in [2.75, 3.05) is 12.4 Å². The molecule has 2 rings (SSSR count). The van der Waals surface area contributed by atoms with E-state index < -0.39 is 23.8 Å². The zero-order valence-corrected chi connectivity index (χ0v) is 16.8. The Kier molecular flexibility index (Phi) is 7.38. The highest BCUT2D eigenvalue weighted by molar-refractivity contribution is 9.10. The molecule has 0 radical (unpaired) electrons. The van der Waals surface area contributed by atoms with Gasteiger partial charge < -0.3 is 14.8 Å². The molecular weight excluding hydrogens is 441 g/mol. The molecule has 0 aliphatic rings. The fourth-order valence-corrected chi connectivity index (χ4v) is 2.68. The number of ether oxygens (including phenoxy) is 2. The van der Waals surface area contributed by atoms with Gasteiger partial charge in [-0.05, 0) is 49.4 Å². The molecule has 0 aliphatic carbocycles. The maximum Gasteiger partial charge on any atom is 0.331 e. The first-order valence-electron chi connectivity index (χ1n) is 7.78. The number of halogens is 3. The fraction of sp³-hybridized carbons (Fsp3) is 0.158. The molecule has 1 N–H and O–H groups in total. The van der Waals surface area contributed by atoms with Gasteiger partial charge in [0.05, 0.1) is 17.8 Å². The quantitative estimate of drug-likeness (QED) is 0.499. The van der Waals surface area contributed by atoms with Crippen LogP contribution in [0, 0.1) is 5.82 Å². The molecule has 1 unspecified atom stereocenters. The summed E-state index contributed by atoms with van der Waals surface area (Å²) in [4.78, 5) is 24.1. The third kappa shape index (κ3) is 6.08. The number of esters is 1. The molecule has 0 aliphatic heterocycles. The molecule has 0 bridgehead atoms. The Morgan fingerprint density at radius 3 is 2.67 bits per heavy atom. The molecule has 2 aromatic rings. The third-order valence-electron chi connectivity index (χ3n) is 3.44. The minimum absolute atomic E-state index is 0.0449. The molecule has 8 heteroatoms. The molecule has 0 heterocycles. The van der Waals surface area contributed by atoms with Crippen LogP contribution in [0.3, 0.4) is 0 Å². The van der Waals surface area contributed by atoms with E-state index in [1.54, 1.807) is 12.1 Å². The van der Waals surface area contributed by atoms with Crippen molar-refractivity contribution in [1.82, 2.24) is 0 Å². The molecule has 2 aromatic carbocycles. The van der Waals surface area contributed by atoms with Crippen molar-refractivity contribution in [2.45, 2.75) is 13.0 Å². The maximum absolute atomic E-state index is 13.0. The smallest absolute Gasteiger partial charge is 0.331 e. The van der Waals surface area contributed by atoms with E-state index in [-0.39, 0.29) is 10.7 Å². The van der Waals surface area contributed by atoms with E-state index in [0.717, 1.165) is 16.6 Å². The summed E-state index contributed by atoms with van der Waals surface area (Å²) in [6.45, 7) is 1.41. The van der Waals surface area contributed by atoms with Gasteiger partial charge in [0.25, 0.3) is 5.91 Å². The summed E-state index contributed by atoms with van der Waals surface area (Å²) in [6, 6.07) is 8.88. The first-order valence-corrected chi connectivity index (χ1v) is 8.95. The first-order chi connectivity index (χ1) is 12.8. The SMILES string of the molecule is COc1ccc(Br)cc1/C=C/C(=O)OC(C)C(=O)Nc1ccc(F)cc1Cl. The monoisotopic (exact) mass is 455 g/mol. The van der Waals surface area contributed by atoms with Crippen LogP contribution in [0.4, 0.5) is 10.1 Å². The summed E-state index contributed by atoms with van der Waals surface area (Å²) in [6.07, 6.45) is 1.64. The molecule has 0 saturated heterocycles. The van der Waals surface area contributed by atoms with Crippen LogP contribution < -0.4 is 10.1 Å². The zero-order chi connectivity index (χ0) is 20.0. The van der Waals surface area contributed by atoms with Crippen molar-refractivity contribution in [3.8, 4) is 5.75 Å². The molecule has 0 fully saturated rings. The summed E-state index contributed by atoms with van der Waals surface area (Å²) in [5.41, 5.74) is 0.888. The zero-order valence-electron chi connectivity index (χ0n) is 14.5. The highest BCUT2D eigenvalue weighted by Gasteiger charge is 2.18. The lowest BCUT2D eigenvalue weighted by atomic mass is 10.2. The molecule has 142 valence electrons. The standard InChI is InChI=1S/C19H16BrClFNO4/c1-11(19(25)23-16-6-5-14(22)10-15(16)21)27-18(24)8-3-12-9-13(20)4-7-17(12)26-2/h3-11H,1-2H3,(H,23,25)/b8-3+. The Morgan fingerprint density at radius 2 is 2.00 bits per heavy atom. The van der Waals surface area contributed by atoms with Crippen LogP contribution in [-0.4, -0.2) is 25.1 Å². The average molecular weight is 457 g/mol. The van der Waals surface area contributed by atoms with Crippen LogP contribution >= 0.6 is 27.5 Å². The molecule has 0 spiro atoms. The van der Waals surface area contributed by atoms with Gasteiger partial charge in [-0.1, -0.05) is 27.5 Å². The van der Waals surface area contributed by atoms with Crippen LogP contribution in [0.5, 0.6) is 5.75 Å². The van der Waals surface area contributed by atoms with Crippen molar-refractivity contribution >= 4 is 51.2 Å². The van der Waals surface area contributed by atoms with Crippen LogP contribution in [0.1, 0.15) is 12.5 Å². The van der Waals surface area contributed by atoms with Crippen molar-refractivity contribution in [1.29, 1.82) is 0 Å². The average Bonchev–Trinajstić information content (AvgIpc) is 2.62. The number of hydrogen-bond acceptors (Lipinski definition) is 4. The van der Waals surface area contributed by atoms with Gasteiger partial charge in [0.2, 0.25) is 0 Å². The normalized spacial score (nSPS) is 11.9. The minimum atomic E-state index is -1.08. The Hall–Kier alpha value is -2.38. The lowest BCUT2D eigenvalue weighted by molar-refractivity contribution is -0.148. The summed E-state index contributed by atoms with van der Waals surface area (Å²) in [5.74, 6) is -1.24. The van der Waals surface area contributed by atoms with Crippen molar-refractivity contribution in [2.24, 2.45) is 0 Å². The van der Waals surface area contributed by atoms with Gasteiger partial charge in [-0.15, -0.1) is 0 Å². The van der Waals surface area contributed by atoms with E-state index in [9.17, 15) is 14.0 Å². The van der Waals surface area contributed by atoms with E-state index in [4.69, 9.17) is 21.1 Å². The van der Waals surface area contributed by atoms with E-state index in [2.05, 4.69) is 21.2 Å². The van der Waals surface area contributed by atoms with Crippen LogP contribution in [0.2, 0.25) is 5.02 Å².